The largest absolute Gasteiger partial charge is 0.461 e. The molecule has 0 saturated carbocycles. The molecule has 1 aliphatic heterocycles. The van der Waals surface area contributed by atoms with Crippen molar-refractivity contribution in [1.82, 2.24) is 5.32 Å². The topological polar surface area (TPSA) is 21.3 Å². The van der Waals surface area contributed by atoms with Crippen molar-refractivity contribution in [1.29, 1.82) is 0 Å². The fraction of sp³-hybridized carbons (Fsp3) is 0.400. The molecule has 1 aromatic carbocycles. The highest BCUT2D eigenvalue weighted by atomic mass is 19.1. The molecule has 1 atom stereocenters. The van der Waals surface area contributed by atoms with Gasteiger partial charge in [-0.1, -0.05) is 6.07 Å². The normalized spacial score (nSPS) is 16.8. The van der Waals surface area contributed by atoms with Crippen LogP contribution in [0.5, 0.6) is 5.75 Å². The maximum atomic E-state index is 12.5. The van der Waals surface area contributed by atoms with Crippen molar-refractivity contribution in [2.45, 2.75) is 26.4 Å². The van der Waals surface area contributed by atoms with Crippen LogP contribution in [0, 0.1) is 0 Å². The molecule has 3 heteroatoms. The average Bonchev–Trinajstić information content (AvgIpc) is 2.49. The standard InChI is InChI=1S/C10H12FNO/c1-7(11)13-10-3-2-8-5-12-6-9(8)4-10/h2-4,7,12H,5-6H2,1H3. The summed E-state index contributed by atoms with van der Waals surface area (Å²) in [5.41, 5.74) is 2.48. The van der Waals surface area contributed by atoms with Gasteiger partial charge in [0, 0.05) is 20.0 Å². The Morgan fingerprint density at radius 1 is 1.38 bits per heavy atom. The zero-order valence-corrected chi connectivity index (χ0v) is 7.51. The van der Waals surface area contributed by atoms with E-state index < -0.39 is 6.36 Å². The lowest BCUT2D eigenvalue weighted by Crippen LogP contribution is -2.04. The first-order chi connectivity index (χ1) is 6.25. The van der Waals surface area contributed by atoms with E-state index in [0.29, 0.717) is 5.75 Å². The predicted molar refractivity (Wildman–Crippen MR) is 48.2 cm³/mol. The molecule has 1 aliphatic rings. The molecule has 0 radical (unpaired) electrons. The number of hydrogen-bond acceptors (Lipinski definition) is 2. The third kappa shape index (κ3) is 1.80. The first kappa shape index (κ1) is 8.51. The Hall–Kier alpha value is -1.09. The molecule has 0 aromatic heterocycles. The van der Waals surface area contributed by atoms with Gasteiger partial charge in [0.05, 0.1) is 0 Å². The molecule has 0 bridgehead atoms. The van der Waals surface area contributed by atoms with E-state index in [-0.39, 0.29) is 0 Å². The van der Waals surface area contributed by atoms with E-state index in [1.165, 1.54) is 18.1 Å². The van der Waals surface area contributed by atoms with E-state index >= 15 is 0 Å². The van der Waals surface area contributed by atoms with E-state index in [0.717, 1.165) is 13.1 Å². The van der Waals surface area contributed by atoms with Crippen LogP contribution in [-0.2, 0) is 13.1 Å². The Labute approximate surface area is 76.7 Å². The molecule has 13 heavy (non-hydrogen) atoms. The summed E-state index contributed by atoms with van der Waals surface area (Å²) in [6.07, 6.45) is -1.24. The van der Waals surface area contributed by atoms with Gasteiger partial charge in [0.1, 0.15) is 5.75 Å². The molecule has 1 heterocycles. The van der Waals surface area contributed by atoms with E-state index in [1.807, 2.05) is 18.2 Å². The summed E-state index contributed by atoms with van der Waals surface area (Å²) in [7, 11) is 0. The monoisotopic (exact) mass is 181 g/mol. The van der Waals surface area contributed by atoms with Crippen LogP contribution in [-0.4, -0.2) is 6.36 Å². The van der Waals surface area contributed by atoms with E-state index in [2.05, 4.69) is 5.32 Å². The van der Waals surface area contributed by atoms with Crippen LogP contribution in [0.2, 0.25) is 0 Å². The number of benzene rings is 1. The van der Waals surface area contributed by atoms with Crippen LogP contribution < -0.4 is 10.1 Å². The molecular weight excluding hydrogens is 169 g/mol. The molecule has 0 saturated heterocycles. The van der Waals surface area contributed by atoms with Gasteiger partial charge in [0.25, 0.3) is 0 Å². The van der Waals surface area contributed by atoms with Gasteiger partial charge in [-0.2, -0.15) is 0 Å². The minimum atomic E-state index is -1.24. The molecule has 2 rings (SSSR count). The molecule has 1 N–H and O–H groups in total. The summed E-state index contributed by atoms with van der Waals surface area (Å²) in [5.74, 6) is 0.609. The third-order valence-corrected chi connectivity index (χ3v) is 2.11. The molecule has 0 amide bonds. The Morgan fingerprint density at radius 3 is 2.92 bits per heavy atom. The fourth-order valence-electron chi connectivity index (χ4n) is 1.53. The van der Waals surface area contributed by atoms with Crippen LogP contribution in [0.15, 0.2) is 18.2 Å². The maximum Gasteiger partial charge on any atom is 0.235 e. The minimum absolute atomic E-state index is 0.609. The van der Waals surface area contributed by atoms with Crippen LogP contribution in [0.1, 0.15) is 18.1 Å². The number of halogens is 1. The lowest BCUT2D eigenvalue weighted by atomic mass is 10.1. The summed E-state index contributed by atoms with van der Waals surface area (Å²) in [5, 5.41) is 3.22. The number of ether oxygens (including phenoxy) is 1. The maximum absolute atomic E-state index is 12.5. The predicted octanol–water partition coefficient (Wildman–Crippen LogP) is 1.98. The number of alkyl halides is 1. The SMILES string of the molecule is CC(F)Oc1ccc2c(c1)CNC2. The van der Waals surface area contributed by atoms with E-state index in [4.69, 9.17) is 4.74 Å². The molecule has 2 nitrogen and oxygen atoms in total. The van der Waals surface area contributed by atoms with E-state index in [9.17, 15) is 4.39 Å². The Bertz CT molecular complexity index is 312. The van der Waals surface area contributed by atoms with Crippen LogP contribution in [0.4, 0.5) is 4.39 Å². The first-order valence-corrected chi connectivity index (χ1v) is 4.39. The summed E-state index contributed by atoms with van der Waals surface area (Å²) < 4.78 is 17.4. The second kappa shape index (κ2) is 3.34. The first-order valence-electron chi connectivity index (χ1n) is 4.39. The lowest BCUT2D eigenvalue weighted by Gasteiger charge is -2.07. The molecule has 1 unspecified atom stereocenters. The fourth-order valence-corrected chi connectivity index (χ4v) is 1.53. The van der Waals surface area contributed by atoms with Crippen molar-refractivity contribution in [2.75, 3.05) is 0 Å². The van der Waals surface area contributed by atoms with Gasteiger partial charge in [0.2, 0.25) is 6.36 Å². The van der Waals surface area contributed by atoms with Crippen LogP contribution in [0.3, 0.4) is 0 Å². The number of fused-ring (bicyclic) bond motifs is 1. The second-order valence-corrected chi connectivity index (χ2v) is 3.19. The average molecular weight is 181 g/mol. The third-order valence-electron chi connectivity index (χ3n) is 2.11. The van der Waals surface area contributed by atoms with Crippen LogP contribution in [0.25, 0.3) is 0 Å². The lowest BCUT2D eigenvalue weighted by molar-refractivity contribution is 0.0860. The highest BCUT2D eigenvalue weighted by Gasteiger charge is 2.11. The smallest absolute Gasteiger partial charge is 0.235 e. The number of rotatable bonds is 2. The summed E-state index contributed by atoms with van der Waals surface area (Å²) in [4.78, 5) is 0. The van der Waals surface area contributed by atoms with Crippen molar-refractivity contribution >= 4 is 0 Å². The van der Waals surface area contributed by atoms with Crippen molar-refractivity contribution in [3.05, 3.63) is 29.3 Å². The van der Waals surface area contributed by atoms with Gasteiger partial charge in [-0.15, -0.1) is 0 Å². The molecular formula is C10H12FNO. The highest BCUT2D eigenvalue weighted by Crippen LogP contribution is 2.22. The van der Waals surface area contributed by atoms with Crippen molar-refractivity contribution in [2.24, 2.45) is 0 Å². The second-order valence-electron chi connectivity index (χ2n) is 3.19. The zero-order chi connectivity index (χ0) is 9.26. The molecule has 70 valence electrons. The molecule has 1 aromatic rings. The van der Waals surface area contributed by atoms with Crippen molar-refractivity contribution in [3.63, 3.8) is 0 Å². The summed E-state index contributed by atoms with van der Waals surface area (Å²) in [6, 6.07) is 5.68. The number of hydrogen-bond donors (Lipinski definition) is 1. The van der Waals surface area contributed by atoms with Gasteiger partial charge in [-0.05, 0) is 23.3 Å². The zero-order valence-electron chi connectivity index (χ0n) is 7.51. The highest BCUT2D eigenvalue weighted by molar-refractivity contribution is 5.37. The quantitative estimate of drug-likeness (QED) is 0.753. The van der Waals surface area contributed by atoms with E-state index in [1.54, 1.807) is 0 Å². The Balaban J connectivity index is 2.21. The molecule has 0 spiro atoms. The van der Waals surface area contributed by atoms with Gasteiger partial charge >= 0.3 is 0 Å². The van der Waals surface area contributed by atoms with Gasteiger partial charge in [-0.3, -0.25) is 0 Å². The summed E-state index contributed by atoms with van der Waals surface area (Å²) in [6.45, 7) is 3.14. The Kier molecular flexibility index (Phi) is 2.19. The van der Waals surface area contributed by atoms with Crippen molar-refractivity contribution < 1.29 is 9.13 Å². The number of nitrogens with one attached hydrogen (secondary N) is 1. The van der Waals surface area contributed by atoms with Crippen LogP contribution >= 0.6 is 0 Å². The molecule has 0 aliphatic carbocycles. The van der Waals surface area contributed by atoms with Gasteiger partial charge < -0.3 is 10.1 Å². The van der Waals surface area contributed by atoms with Gasteiger partial charge in [0.15, 0.2) is 0 Å². The van der Waals surface area contributed by atoms with Crippen molar-refractivity contribution in [3.8, 4) is 5.75 Å². The molecule has 0 fully saturated rings. The summed E-state index contributed by atoms with van der Waals surface area (Å²) >= 11 is 0. The minimum Gasteiger partial charge on any atom is -0.461 e. The Morgan fingerprint density at radius 2 is 2.15 bits per heavy atom. The van der Waals surface area contributed by atoms with Gasteiger partial charge in [-0.25, -0.2) is 4.39 Å².